The van der Waals surface area contributed by atoms with Crippen LogP contribution in [0.5, 0.6) is 0 Å². The number of allylic oxidation sites excluding steroid dienone is 3. The lowest BCUT2D eigenvalue weighted by Crippen LogP contribution is -2.49. The number of nitrogens with one attached hydrogen (secondary N) is 1. The summed E-state index contributed by atoms with van der Waals surface area (Å²) in [5.41, 5.74) is 2.64. The van der Waals surface area contributed by atoms with E-state index in [4.69, 9.17) is 9.52 Å². The molecule has 6 N–H and O–H groups in total. The number of aliphatic hydroxyl groups is 5. The summed E-state index contributed by atoms with van der Waals surface area (Å²) in [4.78, 5) is 32.0. The topological polar surface area (TPSA) is 206 Å². The maximum absolute atomic E-state index is 14.3. The second kappa shape index (κ2) is 16.9. The molecule has 1 unspecified atom stereocenters. The number of furan rings is 1. The normalized spacial score (nSPS) is 18.1. The van der Waals surface area contributed by atoms with Crippen molar-refractivity contribution in [3.63, 3.8) is 0 Å². The third-order valence-corrected chi connectivity index (χ3v) is 10.6. The number of nitrogens with zero attached hydrogens (tertiary/aromatic N) is 3. The molecule has 1 aliphatic carbocycles. The second-order valence-electron chi connectivity index (χ2n) is 11.7. The molecule has 0 spiro atoms. The summed E-state index contributed by atoms with van der Waals surface area (Å²) < 4.78 is 23.9. The zero-order valence-electron chi connectivity index (χ0n) is 26.8. The third-order valence-electron chi connectivity index (χ3n) is 7.96. The van der Waals surface area contributed by atoms with Crippen molar-refractivity contribution in [3.8, 4) is 11.1 Å². The van der Waals surface area contributed by atoms with Gasteiger partial charge in [0.1, 0.15) is 18.3 Å². The Morgan fingerprint density at radius 2 is 1.85 bits per heavy atom. The Hall–Kier alpha value is -4.02. The molecule has 0 radical (unpaired) electrons. The number of anilines is 1. The number of carbonyl (C=O) groups is 2. The Labute approximate surface area is 279 Å². The monoisotopic (exact) mass is 682 g/mol. The van der Waals surface area contributed by atoms with Crippen molar-refractivity contribution in [2.75, 3.05) is 37.8 Å². The summed E-state index contributed by atoms with van der Waals surface area (Å²) >= 11 is 0. The van der Waals surface area contributed by atoms with Gasteiger partial charge in [0.15, 0.2) is 5.76 Å². The van der Waals surface area contributed by atoms with Crippen LogP contribution in [0.4, 0.5) is 5.69 Å². The number of hydrogen-bond acceptors (Lipinski definition) is 11. The molecule has 0 aliphatic heterocycles. The van der Waals surface area contributed by atoms with E-state index < -0.39 is 57.8 Å². The van der Waals surface area contributed by atoms with E-state index in [1.54, 1.807) is 73.6 Å². The Balaban J connectivity index is 1.47. The van der Waals surface area contributed by atoms with Gasteiger partial charge in [-0.05, 0) is 63.2 Å². The van der Waals surface area contributed by atoms with E-state index in [2.05, 4.69) is 14.7 Å². The first kappa shape index (κ1) is 36.8. The number of rotatable bonds is 15. The summed E-state index contributed by atoms with van der Waals surface area (Å²) in [6.07, 6.45) is 5.93. The van der Waals surface area contributed by atoms with Crippen LogP contribution in [0.15, 0.2) is 88.1 Å². The van der Waals surface area contributed by atoms with Gasteiger partial charge in [-0.15, -0.1) is 0 Å². The van der Waals surface area contributed by atoms with E-state index in [1.807, 2.05) is 12.2 Å². The van der Waals surface area contributed by atoms with E-state index in [9.17, 15) is 34.2 Å². The van der Waals surface area contributed by atoms with Gasteiger partial charge in [0.25, 0.3) is 11.8 Å². The van der Waals surface area contributed by atoms with Crippen LogP contribution in [0, 0.1) is 6.92 Å². The molecule has 0 bridgehead atoms. The largest absolute Gasteiger partial charge is 0.459 e. The number of aromatic nitrogens is 1. The molecular weight excluding hydrogens is 640 g/mol. The van der Waals surface area contributed by atoms with E-state index in [-0.39, 0.29) is 23.6 Å². The molecule has 1 aromatic carbocycles. The van der Waals surface area contributed by atoms with Crippen LogP contribution >= 0.6 is 0 Å². The third kappa shape index (κ3) is 9.54. The Morgan fingerprint density at radius 3 is 2.54 bits per heavy atom. The summed E-state index contributed by atoms with van der Waals surface area (Å²) in [5, 5.41) is 51.2. The highest BCUT2D eigenvalue weighted by molar-refractivity contribution is 7.94. The van der Waals surface area contributed by atoms with E-state index in [1.165, 1.54) is 12.5 Å². The molecule has 2 aromatic heterocycles. The fourth-order valence-electron chi connectivity index (χ4n) is 5.20. The van der Waals surface area contributed by atoms with Gasteiger partial charge in [0.2, 0.25) is 0 Å². The number of likely N-dealkylation sites (N-methyl/N-ethyl adjacent to an activating group) is 1. The van der Waals surface area contributed by atoms with Crippen LogP contribution in [0.2, 0.25) is 0 Å². The van der Waals surface area contributed by atoms with Crippen molar-refractivity contribution in [3.05, 3.63) is 96.2 Å². The number of amides is 2. The average molecular weight is 683 g/mol. The fraction of sp³-hybridized carbons (Fsp3) is 0.382. The van der Waals surface area contributed by atoms with E-state index >= 15 is 0 Å². The van der Waals surface area contributed by atoms with Crippen LogP contribution in [-0.4, -0.2) is 114 Å². The van der Waals surface area contributed by atoms with Crippen LogP contribution in [0.3, 0.4) is 0 Å². The van der Waals surface area contributed by atoms with Crippen LogP contribution in [0.1, 0.15) is 39.3 Å². The molecule has 2 amide bonds. The quantitative estimate of drug-likeness (QED) is 0.137. The van der Waals surface area contributed by atoms with Gasteiger partial charge in [-0.3, -0.25) is 14.6 Å². The molecule has 2 heterocycles. The summed E-state index contributed by atoms with van der Waals surface area (Å²) in [5.74, 6) is -0.798. The van der Waals surface area contributed by atoms with Crippen LogP contribution in [-0.2, 0) is 9.73 Å². The highest BCUT2D eigenvalue weighted by Gasteiger charge is 2.31. The van der Waals surface area contributed by atoms with Gasteiger partial charge in [-0.1, -0.05) is 36.4 Å². The lowest BCUT2D eigenvalue weighted by molar-refractivity contribution is -0.118. The van der Waals surface area contributed by atoms with Crippen molar-refractivity contribution < 1.29 is 43.7 Å². The minimum atomic E-state index is -3.12. The molecule has 0 fully saturated rings. The van der Waals surface area contributed by atoms with Gasteiger partial charge >= 0.3 is 0 Å². The molecule has 6 atom stereocenters. The number of aliphatic hydroxyl groups excluding tert-OH is 5. The molecular formula is C34H42N4O9S. The molecule has 258 valence electrons. The number of benzene rings is 1. The van der Waals surface area contributed by atoms with Crippen molar-refractivity contribution in [2.45, 2.75) is 49.4 Å². The average Bonchev–Trinajstić information content (AvgIpc) is 3.53. The first-order chi connectivity index (χ1) is 22.9. The summed E-state index contributed by atoms with van der Waals surface area (Å²) in [7, 11) is -1.46. The van der Waals surface area contributed by atoms with Gasteiger partial charge in [-0.25, -0.2) is 4.21 Å². The lowest BCUT2D eigenvalue weighted by Gasteiger charge is -2.28. The van der Waals surface area contributed by atoms with Crippen LogP contribution in [0.25, 0.3) is 11.1 Å². The van der Waals surface area contributed by atoms with Crippen molar-refractivity contribution in [1.82, 2.24) is 9.88 Å². The highest BCUT2D eigenvalue weighted by atomic mass is 32.2. The second-order valence-corrected chi connectivity index (χ2v) is 14.3. The zero-order chi connectivity index (χ0) is 34.8. The molecule has 4 rings (SSSR count). The van der Waals surface area contributed by atoms with Gasteiger partial charge in [0.05, 0.1) is 39.5 Å². The lowest BCUT2D eigenvalue weighted by atomic mass is 10.0. The standard InChI is InChI=1S/C34H42N4O9S/c1-22-12-14-47-32(22)34(45)36-26-9-6-8-23(17-26)24-16-25(19-35-18-24)33(44)37-48(46,27-10-4-3-5-11-27)15-7-13-38(2)20-28(40)30(42)31(43)29(41)21-39/h3-6,8-10,12,14,16-19,27-31,39-43H,7,11,13,15,20-21H2,1-2H3,(H,36,45)/t27?,28-,29+,30+,31-,48-/m0/s1. The van der Waals surface area contributed by atoms with E-state index in [0.29, 0.717) is 41.8 Å². The zero-order valence-corrected chi connectivity index (χ0v) is 27.6. The van der Waals surface area contributed by atoms with Gasteiger partial charge in [0, 0.05) is 41.5 Å². The number of hydrogen-bond donors (Lipinski definition) is 6. The predicted molar refractivity (Wildman–Crippen MR) is 181 cm³/mol. The predicted octanol–water partition coefficient (Wildman–Crippen LogP) is 2.15. The maximum Gasteiger partial charge on any atom is 0.291 e. The number of aryl methyl sites for hydroxylation is 1. The summed E-state index contributed by atoms with van der Waals surface area (Å²) in [6.45, 7) is 1.24. The van der Waals surface area contributed by atoms with Crippen LogP contribution < -0.4 is 5.32 Å². The first-order valence-corrected chi connectivity index (χ1v) is 17.2. The smallest absolute Gasteiger partial charge is 0.291 e. The molecule has 0 saturated heterocycles. The van der Waals surface area contributed by atoms with Crippen molar-refractivity contribution in [2.24, 2.45) is 4.36 Å². The molecule has 3 aromatic rings. The van der Waals surface area contributed by atoms with Gasteiger partial charge in [-0.2, -0.15) is 4.36 Å². The van der Waals surface area contributed by atoms with Crippen molar-refractivity contribution in [1.29, 1.82) is 0 Å². The van der Waals surface area contributed by atoms with Gasteiger partial charge < -0.3 is 40.2 Å². The minimum Gasteiger partial charge on any atom is -0.459 e. The molecule has 14 heteroatoms. The summed E-state index contributed by atoms with van der Waals surface area (Å²) in [6, 6.07) is 10.3. The fourth-order valence-corrected chi connectivity index (χ4v) is 7.40. The maximum atomic E-state index is 14.3. The Morgan fingerprint density at radius 1 is 1.08 bits per heavy atom. The molecule has 0 saturated carbocycles. The molecule has 48 heavy (non-hydrogen) atoms. The minimum absolute atomic E-state index is 0.0699. The Kier molecular flexibility index (Phi) is 12.9. The Bertz CT molecular complexity index is 1750. The first-order valence-electron chi connectivity index (χ1n) is 15.5. The SMILES string of the molecule is Cc1ccoc1C(=O)Nc1cccc(-c2cncc(C(=O)N=[S@](=O)(CCCN(C)C[C@H](O)[C@@H](O)[C@@H](O)[C@H](O)CO)C3C=CC=CC3)c2)c1. The number of pyridine rings is 1. The highest BCUT2D eigenvalue weighted by Crippen LogP contribution is 2.25. The molecule has 1 aliphatic rings. The van der Waals surface area contributed by atoms with Crippen molar-refractivity contribution >= 4 is 27.2 Å². The molecule has 13 nitrogen and oxygen atoms in total. The van der Waals surface area contributed by atoms with E-state index in [0.717, 1.165) is 0 Å². The number of carbonyl (C=O) groups excluding carboxylic acids is 2.